The van der Waals surface area contributed by atoms with E-state index < -0.39 is 141 Å². The Morgan fingerprint density at radius 1 is 0.704 bits per heavy atom. The normalized spacial score (nSPS) is 13.3. The van der Waals surface area contributed by atoms with Crippen LogP contribution in [0.5, 0.6) is 0 Å². The summed E-state index contributed by atoms with van der Waals surface area (Å²) in [7, 11) is -29.7. The van der Waals surface area contributed by atoms with E-state index in [2.05, 4.69) is 34.2 Å². The zero-order chi connectivity index (χ0) is 41.1. The molecule has 3 aromatic rings. The quantitative estimate of drug-likeness (QED) is 0.0518. The molecule has 0 aliphatic heterocycles. The molecule has 1 aromatic heterocycles. The topological polar surface area (TPSA) is 410 Å². The molecule has 2 aromatic carbocycles. The first kappa shape index (κ1) is 44.4. The highest BCUT2D eigenvalue weighted by Gasteiger charge is 2.25. The molecule has 0 amide bonds. The van der Waals surface area contributed by atoms with E-state index in [0.29, 0.717) is 24.3 Å². The van der Waals surface area contributed by atoms with Crippen LogP contribution in [-0.4, -0.2) is 116 Å². The van der Waals surface area contributed by atoms with Crippen molar-refractivity contribution in [3.8, 4) is 6.07 Å². The van der Waals surface area contributed by atoms with Crippen molar-refractivity contribution in [2.45, 2.75) is 21.6 Å². The minimum Gasteiger partial charge on any atom is -0.367 e. The fourth-order valence-electron chi connectivity index (χ4n) is 4.28. The molecule has 54 heavy (non-hydrogen) atoms. The number of pyridine rings is 1. The number of hydrogen-bond donors (Lipinski definition) is 7. The molecule has 0 fully saturated rings. The Balaban J connectivity index is 2.22. The molecule has 0 bridgehead atoms. The van der Waals surface area contributed by atoms with Crippen molar-refractivity contribution in [2.75, 3.05) is 48.4 Å². The first-order chi connectivity index (χ1) is 24.5. The smallest absolute Gasteiger partial charge is 0.367 e. The second-order valence-corrected chi connectivity index (χ2v) is 19.0. The zero-order valence-electron chi connectivity index (χ0n) is 26.7. The summed E-state index contributed by atoms with van der Waals surface area (Å²) < 4.78 is 195. The summed E-state index contributed by atoms with van der Waals surface area (Å²) in [5.41, 5.74) is -1.75. The van der Waals surface area contributed by atoms with E-state index in [1.165, 1.54) is 6.92 Å². The second-order valence-electron chi connectivity index (χ2n) is 10.4. The minimum absolute atomic E-state index is 0.132. The fourth-order valence-corrected chi connectivity index (χ4v) is 7.92. The zero-order valence-corrected chi connectivity index (χ0v) is 31.6. The van der Waals surface area contributed by atoms with Crippen molar-refractivity contribution < 1.29 is 81.6 Å². The van der Waals surface area contributed by atoms with Crippen LogP contribution < -0.4 is 10.6 Å². The molecule has 31 heteroatoms. The Morgan fingerprint density at radius 3 is 1.81 bits per heavy atom. The maximum Gasteiger partial charge on any atom is 0.397 e. The Labute approximate surface area is 307 Å². The largest absolute Gasteiger partial charge is 0.397 e. The Bertz CT molecular complexity index is 2730. The lowest BCUT2D eigenvalue weighted by Crippen LogP contribution is -2.22. The molecule has 0 radical (unpaired) electrons. The molecule has 0 saturated carbocycles. The van der Waals surface area contributed by atoms with Gasteiger partial charge in [0.1, 0.15) is 33.1 Å². The molecule has 1 heterocycles. The third kappa shape index (κ3) is 12.5. The van der Waals surface area contributed by atoms with Crippen molar-refractivity contribution in [3.63, 3.8) is 0 Å². The molecule has 0 atom stereocenters. The van der Waals surface area contributed by atoms with Gasteiger partial charge < -0.3 is 10.6 Å². The summed E-state index contributed by atoms with van der Waals surface area (Å²) in [4.78, 5) is 0.735. The van der Waals surface area contributed by atoms with Crippen LogP contribution in [0, 0.1) is 18.3 Å². The maximum absolute atomic E-state index is 12.4. The number of azo groups is 1. The lowest BCUT2D eigenvalue weighted by Gasteiger charge is -2.16. The molecule has 0 saturated heterocycles. The predicted octanol–water partition coefficient (Wildman–Crippen LogP) is 0.448. The number of hydrogen-bond acceptors (Lipinski definition) is 20. The molecule has 3 rings (SSSR count). The number of benzene rings is 2. The van der Waals surface area contributed by atoms with Crippen molar-refractivity contribution in [3.05, 3.63) is 35.4 Å². The molecule has 298 valence electrons. The van der Waals surface area contributed by atoms with E-state index >= 15 is 0 Å². The van der Waals surface area contributed by atoms with Crippen LogP contribution >= 0.6 is 0 Å². The third-order valence-corrected chi connectivity index (χ3v) is 11.7. The van der Waals surface area contributed by atoms with E-state index in [9.17, 15) is 69.4 Å². The Hall–Kier alpha value is -4.04. The van der Waals surface area contributed by atoms with Crippen LogP contribution in [0.1, 0.15) is 11.1 Å². The summed E-state index contributed by atoms with van der Waals surface area (Å²) in [6, 6.07) is 3.89. The van der Waals surface area contributed by atoms with E-state index in [4.69, 9.17) is 9.11 Å². The highest BCUT2D eigenvalue weighted by atomic mass is 32.3. The van der Waals surface area contributed by atoms with Crippen molar-refractivity contribution in [1.82, 2.24) is 4.98 Å². The Morgan fingerprint density at radius 2 is 1.28 bits per heavy atom. The molecule has 0 aliphatic carbocycles. The van der Waals surface area contributed by atoms with Gasteiger partial charge in [-0.2, -0.15) is 47.4 Å². The van der Waals surface area contributed by atoms with Crippen molar-refractivity contribution >= 4 is 94.8 Å². The average molecular weight is 883 g/mol. The SMILES string of the molecule is Cc1c(C#N)c(NCCOS(=O)(=O)O)nc(NCCS(=O)(=O)CCOS(=O)(=O)O)c1/N=N/c1cc2c(S(=O)(=O)O)cc(S(=O)(=O)O)cc2cc1S(=O)(=O)O. The number of aromatic nitrogens is 1. The fraction of sp³-hybridized carbons (Fsp3) is 0.304. The van der Waals surface area contributed by atoms with Crippen LogP contribution in [-0.2, 0) is 69.4 Å². The first-order valence-electron chi connectivity index (χ1n) is 13.8. The van der Waals surface area contributed by atoms with Gasteiger partial charge in [0, 0.05) is 24.0 Å². The van der Waals surface area contributed by atoms with E-state index in [1.807, 2.05) is 0 Å². The van der Waals surface area contributed by atoms with Gasteiger partial charge in [-0.15, -0.1) is 10.2 Å². The van der Waals surface area contributed by atoms with Crippen LogP contribution in [0.15, 0.2) is 49.2 Å². The number of anilines is 2. The highest BCUT2D eigenvalue weighted by Crippen LogP contribution is 2.38. The number of nitrogens with zero attached hydrogens (tertiary/aromatic N) is 4. The monoisotopic (exact) mass is 882 g/mol. The predicted molar refractivity (Wildman–Crippen MR) is 182 cm³/mol. The van der Waals surface area contributed by atoms with Gasteiger partial charge >= 0.3 is 20.8 Å². The summed E-state index contributed by atoms with van der Waals surface area (Å²) in [6.07, 6.45) is 0. The van der Waals surface area contributed by atoms with E-state index in [1.54, 1.807) is 6.07 Å². The van der Waals surface area contributed by atoms with Gasteiger partial charge in [-0.1, -0.05) is 0 Å². The van der Waals surface area contributed by atoms with Crippen LogP contribution in [0.25, 0.3) is 10.8 Å². The molecular formula is C23H26N6O19S6. The Kier molecular flexibility index (Phi) is 13.4. The van der Waals surface area contributed by atoms with E-state index in [0.717, 1.165) is 0 Å². The van der Waals surface area contributed by atoms with Crippen molar-refractivity contribution in [1.29, 1.82) is 5.26 Å². The molecule has 0 aliphatic rings. The number of nitrogens with one attached hydrogen (secondary N) is 2. The number of sulfone groups is 1. The number of rotatable bonds is 18. The standard InChI is InChI=1S/C23H26N6O19S6/c1-13-17(12-24)22(25-2-4-47-53(41,42)43)27-23(26-3-6-49(30,31)7-5-48-54(44,45)46)21(13)29-28-18-11-16-14(9-20(18)52(38,39)40)8-15(50(32,33)34)10-19(16)51(35,36)37/h8-11H,2-7H2,1H3,(H2,25,26,27)(H,32,33,34)(H,35,36,37)(H,38,39,40)(H,41,42,43)(H,44,45,46)/b29-28+. The number of fused-ring (bicyclic) bond motifs is 1. The first-order valence-corrected chi connectivity index (χ1v) is 22.7. The minimum atomic E-state index is -5.31. The lowest BCUT2D eigenvalue weighted by atomic mass is 10.1. The number of nitriles is 1. The van der Waals surface area contributed by atoms with Crippen LogP contribution in [0.3, 0.4) is 0 Å². The second kappa shape index (κ2) is 16.4. The summed E-state index contributed by atoms with van der Waals surface area (Å²) >= 11 is 0. The van der Waals surface area contributed by atoms with Gasteiger partial charge in [-0.25, -0.2) is 21.8 Å². The summed E-state index contributed by atoms with van der Waals surface area (Å²) in [5, 5.41) is 21.4. The summed E-state index contributed by atoms with van der Waals surface area (Å²) in [6.45, 7) is -1.35. The highest BCUT2D eigenvalue weighted by molar-refractivity contribution is 7.91. The van der Waals surface area contributed by atoms with Crippen LogP contribution in [0.4, 0.5) is 23.0 Å². The van der Waals surface area contributed by atoms with Crippen molar-refractivity contribution in [2.24, 2.45) is 10.2 Å². The van der Waals surface area contributed by atoms with Crippen LogP contribution in [0.2, 0.25) is 0 Å². The lowest BCUT2D eigenvalue weighted by molar-refractivity contribution is 0.278. The molecule has 25 nitrogen and oxygen atoms in total. The molecular weight excluding hydrogens is 857 g/mol. The van der Waals surface area contributed by atoms with Gasteiger partial charge in [0.25, 0.3) is 30.4 Å². The summed E-state index contributed by atoms with van der Waals surface area (Å²) in [5.74, 6) is -2.37. The van der Waals surface area contributed by atoms with Gasteiger partial charge in [0.2, 0.25) is 0 Å². The maximum atomic E-state index is 12.4. The van der Waals surface area contributed by atoms with Gasteiger partial charge in [0.15, 0.2) is 15.7 Å². The molecule has 0 spiro atoms. The van der Waals surface area contributed by atoms with Gasteiger partial charge in [-0.3, -0.25) is 22.8 Å². The van der Waals surface area contributed by atoms with E-state index in [-0.39, 0.29) is 16.9 Å². The van der Waals surface area contributed by atoms with Gasteiger partial charge in [0.05, 0.1) is 35.2 Å². The molecule has 7 N–H and O–H groups in total. The molecule has 0 unspecified atom stereocenters. The van der Waals surface area contributed by atoms with Gasteiger partial charge in [-0.05, 0) is 36.6 Å². The third-order valence-electron chi connectivity index (χ3n) is 6.56. The average Bonchev–Trinajstić information content (AvgIpc) is 2.99.